The highest BCUT2D eigenvalue weighted by molar-refractivity contribution is 7.47. The molecular weight excluding hydrogens is 1150 g/mol. The van der Waals surface area contributed by atoms with Crippen LogP contribution in [0.15, 0.2) is 0 Å². The molecule has 0 spiro atoms. The van der Waals surface area contributed by atoms with Gasteiger partial charge >= 0.3 is 39.5 Å². The summed E-state index contributed by atoms with van der Waals surface area (Å²) in [6, 6.07) is 0. The van der Waals surface area contributed by atoms with Crippen LogP contribution in [-0.4, -0.2) is 96.7 Å². The van der Waals surface area contributed by atoms with Crippen LogP contribution in [-0.2, 0) is 65.4 Å². The van der Waals surface area contributed by atoms with Crippen LogP contribution >= 0.6 is 15.6 Å². The zero-order valence-corrected chi connectivity index (χ0v) is 57.8. The Bertz CT molecular complexity index is 1670. The van der Waals surface area contributed by atoms with E-state index < -0.39 is 97.5 Å². The molecule has 0 aromatic rings. The van der Waals surface area contributed by atoms with Gasteiger partial charge in [0.1, 0.15) is 19.3 Å². The van der Waals surface area contributed by atoms with E-state index in [1.54, 1.807) is 0 Å². The van der Waals surface area contributed by atoms with E-state index in [1.165, 1.54) is 186 Å². The fourth-order valence-electron chi connectivity index (χ4n) is 10.3. The van der Waals surface area contributed by atoms with Crippen LogP contribution in [0.25, 0.3) is 0 Å². The summed E-state index contributed by atoms with van der Waals surface area (Å²) in [5.74, 6) is -2.12. The first kappa shape index (κ1) is 85.1. The maximum Gasteiger partial charge on any atom is 0.472 e. The smallest absolute Gasteiger partial charge is 0.462 e. The highest BCUT2D eigenvalue weighted by atomic mass is 31.2. The summed E-state index contributed by atoms with van der Waals surface area (Å²) < 4.78 is 68.2. The number of rotatable bonds is 69. The lowest BCUT2D eigenvalue weighted by molar-refractivity contribution is -0.161. The van der Waals surface area contributed by atoms with Crippen molar-refractivity contribution in [2.45, 2.75) is 373 Å². The van der Waals surface area contributed by atoms with E-state index in [0.717, 1.165) is 89.9 Å². The lowest BCUT2D eigenvalue weighted by atomic mass is 10.0. The van der Waals surface area contributed by atoms with Crippen molar-refractivity contribution in [3.8, 4) is 0 Å². The van der Waals surface area contributed by atoms with Crippen molar-refractivity contribution in [2.24, 2.45) is 0 Å². The molecule has 0 aliphatic carbocycles. The molecule has 0 saturated carbocycles. The monoisotopic (exact) mass is 1280 g/mol. The highest BCUT2D eigenvalue weighted by Crippen LogP contribution is 2.45. The Balaban J connectivity index is 5.23. The van der Waals surface area contributed by atoms with Gasteiger partial charge in [-0.05, 0) is 25.7 Å². The standard InChI is InChI=1S/C68H132O17P2/c1-5-9-13-17-21-25-29-31-32-33-35-39-43-47-51-55-68(73)85-64(59-79-66(71)53-49-45-41-38-34-30-26-22-18-14-10-6-2)61-83-87(76,77)81-57-62(69)56-80-86(74,75)82-60-63(84-67(72)54-50-46-42-37-28-24-20-16-12-8-4)58-78-65(70)52-48-44-40-36-27-23-19-15-11-7-3/h62-64,69H,5-61H2,1-4H3,(H,74,75)(H,76,77)/t62-,63+,64+/m0/s1. The number of aliphatic hydroxyl groups excluding tert-OH is 1. The summed E-state index contributed by atoms with van der Waals surface area (Å²) in [4.78, 5) is 72.4. The largest absolute Gasteiger partial charge is 0.472 e. The Hall–Kier alpha value is -1.94. The summed E-state index contributed by atoms with van der Waals surface area (Å²) >= 11 is 0. The number of carbonyl (C=O) groups is 4. The van der Waals surface area contributed by atoms with E-state index >= 15 is 0 Å². The van der Waals surface area contributed by atoms with Gasteiger partial charge in [0.05, 0.1) is 26.4 Å². The number of carbonyl (C=O) groups excluding carboxylic acids is 4. The molecule has 0 saturated heterocycles. The van der Waals surface area contributed by atoms with Gasteiger partial charge in [0.25, 0.3) is 0 Å². The number of phosphoric acid groups is 2. The van der Waals surface area contributed by atoms with E-state index in [9.17, 15) is 43.2 Å². The van der Waals surface area contributed by atoms with Gasteiger partial charge < -0.3 is 33.8 Å². The lowest BCUT2D eigenvalue weighted by Crippen LogP contribution is -2.30. The van der Waals surface area contributed by atoms with Crippen LogP contribution in [0.5, 0.6) is 0 Å². The fourth-order valence-corrected chi connectivity index (χ4v) is 11.9. The number of hydrogen-bond acceptors (Lipinski definition) is 15. The van der Waals surface area contributed by atoms with E-state index in [-0.39, 0.29) is 25.7 Å². The molecule has 516 valence electrons. The van der Waals surface area contributed by atoms with E-state index in [4.69, 9.17) is 37.0 Å². The van der Waals surface area contributed by atoms with Crippen LogP contribution in [0.3, 0.4) is 0 Å². The lowest BCUT2D eigenvalue weighted by Gasteiger charge is -2.21. The third-order valence-electron chi connectivity index (χ3n) is 15.9. The molecule has 0 rings (SSSR count). The van der Waals surface area contributed by atoms with E-state index in [0.29, 0.717) is 25.7 Å². The molecule has 87 heavy (non-hydrogen) atoms. The average molecular weight is 1280 g/mol. The second kappa shape index (κ2) is 62.8. The van der Waals surface area contributed by atoms with Gasteiger partial charge in [0.15, 0.2) is 12.2 Å². The van der Waals surface area contributed by atoms with Crippen molar-refractivity contribution in [1.29, 1.82) is 0 Å². The quantitative estimate of drug-likeness (QED) is 0.0222. The third kappa shape index (κ3) is 62.6. The highest BCUT2D eigenvalue weighted by Gasteiger charge is 2.30. The molecule has 0 radical (unpaired) electrons. The van der Waals surface area contributed by atoms with Crippen LogP contribution < -0.4 is 0 Å². The SMILES string of the molecule is CCCCCCCCCCCCCCCCCC(=O)O[C@H](COC(=O)CCCCCCCCCCCCCC)COP(=O)(O)OC[C@@H](O)COP(=O)(O)OC[C@@H](COC(=O)CCCCCCCCCCCC)OC(=O)CCCCCCCCCCCC. The number of aliphatic hydroxyl groups is 1. The molecule has 0 aromatic heterocycles. The van der Waals surface area contributed by atoms with Crippen LogP contribution in [0, 0.1) is 0 Å². The molecule has 0 aromatic carbocycles. The second-order valence-corrected chi connectivity index (χ2v) is 27.5. The predicted octanol–water partition coefficient (Wildman–Crippen LogP) is 19.5. The zero-order chi connectivity index (χ0) is 64.0. The van der Waals surface area contributed by atoms with Crippen LogP contribution in [0.2, 0.25) is 0 Å². The number of hydrogen-bond donors (Lipinski definition) is 3. The maximum absolute atomic E-state index is 13.0. The van der Waals surface area contributed by atoms with Crippen molar-refractivity contribution >= 4 is 39.5 Å². The second-order valence-electron chi connectivity index (χ2n) is 24.6. The molecule has 0 amide bonds. The molecule has 0 aliphatic heterocycles. The Morgan fingerprint density at radius 1 is 0.276 bits per heavy atom. The van der Waals surface area contributed by atoms with Crippen molar-refractivity contribution in [1.82, 2.24) is 0 Å². The van der Waals surface area contributed by atoms with Gasteiger partial charge in [-0.15, -0.1) is 0 Å². The minimum atomic E-state index is -4.95. The first-order valence-corrected chi connectivity index (χ1v) is 38.8. The third-order valence-corrected chi connectivity index (χ3v) is 17.8. The first-order valence-electron chi connectivity index (χ1n) is 35.8. The van der Waals surface area contributed by atoms with Gasteiger partial charge in [0.2, 0.25) is 0 Å². The van der Waals surface area contributed by atoms with E-state index in [1.807, 2.05) is 0 Å². The van der Waals surface area contributed by atoms with Crippen LogP contribution in [0.1, 0.15) is 355 Å². The fraction of sp³-hybridized carbons (Fsp3) is 0.941. The number of esters is 4. The number of unbranched alkanes of at least 4 members (excludes halogenated alkanes) is 43. The normalized spacial score (nSPS) is 14.1. The summed E-state index contributed by atoms with van der Waals surface area (Å²) in [6.07, 6.45) is 49.8. The van der Waals surface area contributed by atoms with Crippen molar-refractivity contribution < 1.29 is 80.2 Å². The minimum absolute atomic E-state index is 0.107. The molecule has 17 nitrogen and oxygen atoms in total. The van der Waals surface area contributed by atoms with Crippen molar-refractivity contribution in [3.05, 3.63) is 0 Å². The Kier molecular flexibility index (Phi) is 61.4. The van der Waals surface area contributed by atoms with E-state index in [2.05, 4.69) is 27.7 Å². The Morgan fingerprint density at radius 3 is 0.678 bits per heavy atom. The first-order chi connectivity index (χ1) is 42.2. The van der Waals surface area contributed by atoms with Gasteiger partial charge in [-0.2, -0.15) is 0 Å². The summed E-state index contributed by atoms with van der Waals surface area (Å²) in [5.41, 5.74) is 0. The van der Waals surface area contributed by atoms with Crippen molar-refractivity contribution in [2.75, 3.05) is 39.6 Å². The number of phosphoric ester groups is 2. The summed E-state index contributed by atoms with van der Waals surface area (Å²) in [7, 11) is -9.89. The molecule has 0 bridgehead atoms. The molecule has 19 heteroatoms. The van der Waals surface area contributed by atoms with Gasteiger partial charge in [-0.25, -0.2) is 9.13 Å². The Labute approximate surface area is 530 Å². The Morgan fingerprint density at radius 2 is 0.460 bits per heavy atom. The average Bonchev–Trinajstić information content (AvgIpc) is 3.71. The molecule has 0 heterocycles. The van der Waals surface area contributed by atoms with Crippen LogP contribution in [0.4, 0.5) is 0 Å². The molecule has 2 unspecified atom stereocenters. The summed E-state index contributed by atoms with van der Waals surface area (Å²) in [5, 5.41) is 10.6. The van der Waals surface area contributed by atoms with Gasteiger partial charge in [-0.1, -0.05) is 304 Å². The molecule has 3 N–H and O–H groups in total. The molecule has 5 atom stereocenters. The minimum Gasteiger partial charge on any atom is -0.462 e. The van der Waals surface area contributed by atoms with Gasteiger partial charge in [0, 0.05) is 25.7 Å². The van der Waals surface area contributed by atoms with Crippen molar-refractivity contribution in [3.63, 3.8) is 0 Å². The zero-order valence-electron chi connectivity index (χ0n) is 56.0. The molecular formula is C68H132O17P2. The molecule has 0 fully saturated rings. The summed E-state index contributed by atoms with van der Waals surface area (Å²) in [6.45, 7) is 4.92. The maximum atomic E-state index is 13.0. The topological polar surface area (TPSA) is 237 Å². The van der Waals surface area contributed by atoms with Gasteiger partial charge in [-0.3, -0.25) is 37.3 Å². The molecule has 0 aliphatic rings. The number of ether oxygens (including phenoxy) is 4. The predicted molar refractivity (Wildman–Crippen MR) is 349 cm³/mol.